The summed E-state index contributed by atoms with van der Waals surface area (Å²) in [6, 6.07) is 6.22. The van der Waals surface area contributed by atoms with Crippen molar-refractivity contribution in [2.24, 2.45) is 17.8 Å². The quantitative estimate of drug-likeness (QED) is 0.845. The van der Waals surface area contributed by atoms with E-state index in [1.165, 1.54) is 0 Å². The third-order valence-electron chi connectivity index (χ3n) is 6.87. The van der Waals surface area contributed by atoms with Gasteiger partial charge in [0.05, 0.1) is 11.7 Å². The number of amides is 1. The molecule has 4 atom stereocenters. The van der Waals surface area contributed by atoms with Crippen LogP contribution in [0, 0.1) is 24.7 Å². The van der Waals surface area contributed by atoms with Gasteiger partial charge in [-0.2, -0.15) is 0 Å². The Morgan fingerprint density at radius 2 is 2.23 bits per heavy atom. The Morgan fingerprint density at radius 1 is 1.38 bits per heavy atom. The van der Waals surface area contributed by atoms with Crippen LogP contribution in [-0.4, -0.2) is 42.2 Å². The molecule has 1 aliphatic carbocycles. The fourth-order valence-corrected chi connectivity index (χ4v) is 5.54. The highest BCUT2D eigenvalue weighted by Crippen LogP contribution is 2.55. The number of rotatable bonds is 4. The van der Waals surface area contributed by atoms with E-state index in [2.05, 4.69) is 34.5 Å². The largest absolute Gasteiger partial charge is 0.369 e. The van der Waals surface area contributed by atoms with Crippen molar-refractivity contribution < 1.29 is 9.53 Å². The highest BCUT2D eigenvalue weighted by atomic mass is 16.5. The summed E-state index contributed by atoms with van der Waals surface area (Å²) in [5.41, 5.74) is 1.02. The summed E-state index contributed by atoms with van der Waals surface area (Å²) in [4.78, 5) is 19.5. The van der Waals surface area contributed by atoms with Gasteiger partial charge in [0.2, 0.25) is 5.91 Å². The molecule has 26 heavy (non-hydrogen) atoms. The molecule has 3 aliphatic heterocycles. The van der Waals surface area contributed by atoms with E-state index >= 15 is 0 Å². The topological polar surface area (TPSA) is 54.5 Å². The van der Waals surface area contributed by atoms with Gasteiger partial charge in [-0.15, -0.1) is 0 Å². The zero-order valence-corrected chi connectivity index (χ0v) is 15.4. The van der Waals surface area contributed by atoms with Crippen molar-refractivity contribution in [3.8, 4) is 0 Å². The molecule has 0 saturated carbocycles. The number of nitrogens with one attached hydrogen (secondary N) is 1. The maximum atomic E-state index is 12.4. The van der Waals surface area contributed by atoms with E-state index < -0.39 is 0 Å². The van der Waals surface area contributed by atoms with Gasteiger partial charge in [-0.25, -0.2) is 4.98 Å². The number of fused-ring (bicyclic) bond motifs is 1. The smallest absolute Gasteiger partial charge is 0.223 e. The van der Waals surface area contributed by atoms with E-state index in [9.17, 15) is 4.79 Å². The summed E-state index contributed by atoms with van der Waals surface area (Å²) >= 11 is 0. The van der Waals surface area contributed by atoms with Crippen molar-refractivity contribution in [2.75, 3.05) is 24.5 Å². The molecule has 0 unspecified atom stereocenters. The second-order valence-corrected chi connectivity index (χ2v) is 8.43. The number of nitrogens with zero attached hydrogens (tertiary/aromatic N) is 2. The van der Waals surface area contributed by atoms with Crippen LogP contribution in [0.2, 0.25) is 0 Å². The van der Waals surface area contributed by atoms with Crippen molar-refractivity contribution in [2.45, 2.75) is 44.3 Å². The molecule has 4 aliphatic rings. The molecule has 3 saturated heterocycles. The minimum absolute atomic E-state index is 0.0274. The lowest BCUT2D eigenvalue weighted by atomic mass is 9.73. The maximum absolute atomic E-state index is 12.4. The average Bonchev–Trinajstić information content (AvgIpc) is 3.39. The summed E-state index contributed by atoms with van der Waals surface area (Å²) in [5, 5.41) is 3.23. The number of carbonyl (C=O) groups is 1. The van der Waals surface area contributed by atoms with E-state index in [-0.39, 0.29) is 17.4 Å². The molecular weight excluding hydrogens is 326 g/mol. The Labute approximate surface area is 154 Å². The predicted octanol–water partition coefficient (Wildman–Crippen LogP) is 2.46. The molecule has 1 aromatic heterocycles. The molecule has 0 aromatic carbocycles. The first-order valence-electron chi connectivity index (χ1n) is 9.94. The molecular formula is C21H27N3O2. The number of anilines is 1. The van der Waals surface area contributed by atoms with Crippen molar-refractivity contribution in [3.63, 3.8) is 0 Å². The highest BCUT2D eigenvalue weighted by Gasteiger charge is 2.63. The van der Waals surface area contributed by atoms with Crippen LogP contribution in [-0.2, 0) is 9.53 Å². The zero-order valence-electron chi connectivity index (χ0n) is 15.4. The Hall–Kier alpha value is -1.88. The van der Waals surface area contributed by atoms with Crippen LogP contribution < -0.4 is 10.2 Å². The SMILES string of the molecule is Cc1cccc(N2C[C@@H]3[C@H](CNC(=O)C4CC=CC4)[C@H]4CC[C@]3(C2)O4)n1. The summed E-state index contributed by atoms with van der Waals surface area (Å²) < 4.78 is 6.50. The number of carbonyl (C=O) groups excluding carboxylic acids is 1. The lowest BCUT2D eigenvalue weighted by Crippen LogP contribution is -2.43. The van der Waals surface area contributed by atoms with Gasteiger partial charge >= 0.3 is 0 Å². The van der Waals surface area contributed by atoms with Crippen LogP contribution in [0.4, 0.5) is 5.82 Å². The van der Waals surface area contributed by atoms with Crippen molar-refractivity contribution in [3.05, 3.63) is 36.0 Å². The monoisotopic (exact) mass is 353 g/mol. The normalized spacial score (nSPS) is 35.3. The van der Waals surface area contributed by atoms with Crippen LogP contribution >= 0.6 is 0 Å². The molecule has 1 aromatic rings. The predicted molar refractivity (Wildman–Crippen MR) is 99.9 cm³/mol. The van der Waals surface area contributed by atoms with E-state index in [0.29, 0.717) is 17.9 Å². The fraction of sp³-hybridized carbons (Fsp3) is 0.619. The molecule has 5 rings (SSSR count). The van der Waals surface area contributed by atoms with Crippen LogP contribution in [0.1, 0.15) is 31.4 Å². The molecule has 1 spiro atoms. The van der Waals surface area contributed by atoms with Crippen molar-refractivity contribution in [1.82, 2.24) is 10.3 Å². The Kier molecular flexibility index (Phi) is 3.82. The third kappa shape index (κ3) is 2.56. The number of hydrogen-bond acceptors (Lipinski definition) is 4. The van der Waals surface area contributed by atoms with E-state index in [4.69, 9.17) is 9.72 Å². The minimum Gasteiger partial charge on any atom is -0.369 e. The molecule has 4 heterocycles. The molecule has 3 fully saturated rings. The number of aryl methyl sites for hydroxylation is 1. The number of ether oxygens (including phenoxy) is 1. The van der Waals surface area contributed by atoms with E-state index in [1.54, 1.807) is 0 Å². The second kappa shape index (κ2) is 6.08. The van der Waals surface area contributed by atoms with E-state index in [1.807, 2.05) is 13.0 Å². The van der Waals surface area contributed by atoms with E-state index in [0.717, 1.165) is 56.8 Å². The Morgan fingerprint density at radius 3 is 3.04 bits per heavy atom. The number of allylic oxidation sites excluding steroid dienone is 2. The van der Waals surface area contributed by atoms with Gasteiger partial charge in [-0.3, -0.25) is 4.79 Å². The van der Waals surface area contributed by atoms with Crippen molar-refractivity contribution in [1.29, 1.82) is 0 Å². The summed E-state index contributed by atoms with van der Waals surface area (Å²) in [6.07, 6.45) is 8.58. The first-order chi connectivity index (χ1) is 12.6. The Bertz CT molecular complexity index is 741. The second-order valence-electron chi connectivity index (χ2n) is 8.43. The Balaban J connectivity index is 1.28. The molecule has 0 radical (unpaired) electrons. The molecule has 1 amide bonds. The van der Waals surface area contributed by atoms with Crippen LogP contribution in [0.3, 0.4) is 0 Å². The van der Waals surface area contributed by atoms with Gasteiger partial charge < -0.3 is 15.0 Å². The highest BCUT2D eigenvalue weighted by molar-refractivity contribution is 5.79. The maximum Gasteiger partial charge on any atom is 0.223 e. The lowest BCUT2D eigenvalue weighted by molar-refractivity contribution is -0.124. The summed E-state index contributed by atoms with van der Waals surface area (Å²) in [5.74, 6) is 2.32. The number of hydrogen-bond donors (Lipinski definition) is 1. The fourth-order valence-electron chi connectivity index (χ4n) is 5.54. The average molecular weight is 353 g/mol. The van der Waals surface area contributed by atoms with Gasteiger partial charge in [-0.1, -0.05) is 18.2 Å². The third-order valence-corrected chi connectivity index (χ3v) is 6.87. The summed E-state index contributed by atoms with van der Waals surface area (Å²) in [6.45, 7) is 4.71. The first-order valence-corrected chi connectivity index (χ1v) is 9.94. The summed E-state index contributed by atoms with van der Waals surface area (Å²) in [7, 11) is 0. The number of pyridine rings is 1. The van der Waals surface area contributed by atoms with Crippen LogP contribution in [0.15, 0.2) is 30.4 Å². The molecule has 138 valence electrons. The lowest BCUT2D eigenvalue weighted by Gasteiger charge is -2.29. The van der Waals surface area contributed by atoms with Gasteiger partial charge in [0.15, 0.2) is 0 Å². The molecule has 2 bridgehead atoms. The number of aromatic nitrogens is 1. The zero-order chi connectivity index (χ0) is 17.7. The van der Waals surface area contributed by atoms with Gasteiger partial charge in [-0.05, 0) is 44.7 Å². The molecule has 1 N–H and O–H groups in total. The standard InChI is InChI=1S/C21H27N3O2/c1-14-5-4-8-19(23-14)24-12-17-16(18-9-10-21(17,13-24)26-18)11-22-20(25)15-6-2-3-7-15/h2-5,8,15-18H,6-7,9-13H2,1H3,(H,22,25)/t16-,17+,18+,21+/m0/s1. The molecule has 5 heteroatoms. The van der Waals surface area contributed by atoms with Gasteiger partial charge in [0, 0.05) is 43.1 Å². The minimum atomic E-state index is -0.0274. The van der Waals surface area contributed by atoms with Gasteiger partial charge in [0.25, 0.3) is 0 Å². The van der Waals surface area contributed by atoms with Crippen LogP contribution in [0.5, 0.6) is 0 Å². The molecule has 5 nitrogen and oxygen atoms in total. The van der Waals surface area contributed by atoms with Gasteiger partial charge in [0.1, 0.15) is 5.82 Å². The first kappa shape index (κ1) is 16.3. The van der Waals surface area contributed by atoms with Crippen LogP contribution in [0.25, 0.3) is 0 Å². The van der Waals surface area contributed by atoms with Crippen molar-refractivity contribution >= 4 is 11.7 Å².